The lowest BCUT2D eigenvalue weighted by Gasteiger charge is -2.33. The third kappa shape index (κ3) is 4.93. The van der Waals surface area contributed by atoms with E-state index in [9.17, 15) is 4.79 Å². The van der Waals surface area contributed by atoms with Crippen LogP contribution in [0.25, 0.3) is 5.00 Å². The number of nitrogens with zero attached hydrogens (tertiary/aromatic N) is 3. The number of likely N-dealkylation sites (N-methyl/N-ethyl adjacent to an activating group) is 1. The van der Waals surface area contributed by atoms with Crippen LogP contribution in [-0.4, -0.2) is 66.1 Å². The van der Waals surface area contributed by atoms with Crippen LogP contribution >= 0.6 is 11.3 Å². The summed E-state index contributed by atoms with van der Waals surface area (Å²) in [5.74, 6) is 0.115. The zero-order valence-corrected chi connectivity index (χ0v) is 18.5. The molecule has 6 heteroatoms. The number of unbranched alkanes of at least 4 members (excludes halogenated alkanes) is 1. The maximum Gasteiger partial charge on any atom is 0.254 e. The molecular weight excluding hydrogens is 380 g/mol. The molecule has 2 aliphatic rings. The highest BCUT2D eigenvalue weighted by molar-refractivity contribution is 7.15. The Balaban J connectivity index is 1.29. The molecule has 1 aliphatic heterocycles. The molecule has 3 heterocycles. The van der Waals surface area contributed by atoms with Gasteiger partial charge in [0.1, 0.15) is 5.00 Å². The van der Waals surface area contributed by atoms with E-state index >= 15 is 0 Å². The Kier molecular flexibility index (Phi) is 7.06. The van der Waals surface area contributed by atoms with Crippen LogP contribution < -0.4 is 5.32 Å². The second-order valence-corrected chi connectivity index (χ2v) is 9.30. The molecule has 0 atom stereocenters. The standard InChI is InChI=1S/C23H34N4OS/c1-2-25-15-17-26(18-16-25)12-6-5-11-24-22(28)21-19-9-3-4-10-20(19)29-23(21)27-13-7-8-14-27/h7-8,13-14H,2-6,9-12,15-18H2,1H3,(H,24,28). The summed E-state index contributed by atoms with van der Waals surface area (Å²) < 4.78 is 2.11. The lowest BCUT2D eigenvalue weighted by molar-refractivity contribution is 0.0951. The number of amides is 1. The summed E-state index contributed by atoms with van der Waals surface area (Å²) in [5.41, 5.74) is 2.23. The molecule has 1 fully saturated rings. The van der Waals surface area contributed by atoms with Gasteiger partial charge in [0.2, 0.25) is 0 Å². The van der Waals surface area contributed by atoms with Crippen molar-refractivity contribution in [3.63, 3.8) is 0 Å². The monoisotopic (exact) mass is 414 g/mol. The van der Waals surface area contributed by atoms with E-state index in [1.54, 1.807) is 11.3 Å². The van der Waals surface area contributed by atoms with Crippen molar-refractivity contribution >= 4 is 17.2 Å². The molecule has 0 spiro atoms. The van der Waals surface area contributed by atoms with Crippen LogP contribution in [0.15, 0.2) is 24.5 Å². The number of thiophene rings is 1. The van der Waals surface area contributed by atoms with Gasteiger partial charge in [0.05, 0.1) is 5.56 Å². The van der Waals surface area contributed by atoms with Crippen molar-refractivity contribution in [2.24, 2.45) is 0 Å². The smallest absolute Gasteiger partial charge is 0.254 e. The Morgan fingerprint density at radius 2 is 1.76 bits per heavy atom. The van der Waals surface area contributed by atoms with E-state index in [1.807, 2.05) is 24.5 Å². The van der Waals surface area contributed by atoms with Crippen molar-refractivity contribution < 1.29 is 4.79 Å². The summed E-state index contributed by atoms with van der Waals surface area (Å²) in [6.45, 7) is 10.1. The van der Waals surface area contributed by atoms with Gasteiger partial charge in [0.15, 0.2) is 0 Å². The summed E-state index contributed by atoms with van der Waals surface area (Å²) in [4.78, 5) is 19.6. The molecule has 0 bridgehead atoms. The molecule has 0 aromatic carbocycles. The van der Waals surface area contributed by atoms with Gasteiger partial charge in [-0.2, -0.15) is 0 Å². The molecule has 158 valence electrons. The van der Waals surface area contributed by atoms with Gasteiger partial charge in [0, 0.05) is 50.0 Å². The maximum atomic E-state index is 13.1. The number of nitrogens with one attached hydrogen (secondary N) is 1. The Labute approximate surface area is 178 Å². The summed E-state index contributed by atoms with van der Waals surface area (Å²) in [7, 11) is 0. The van der Waals surface area contributed by atoms with Crippen LogP contribution in [0.5, 0.6) is 0 Å². The zero-order valence-electron chi connectivity index (χ0n) is 17.7. The first kappa shape index (κ1) is 20.6. The van der Waals surface area contributed by atoms with Gasteiger partial charge in [-0.3, -0.25) is 4.79 Å². The minimum absolute atomic E-state index is 0.115. The van der Waals surface area contributed by atoms with Crippen molar-refractivity contribution in [2.75, 3.05) is 45.8 Å². The normalized spacial score (nSPS) is 18.0. The molecule has 4 rings (SSSR count). The number of piperazine rings is 1. The fourth-order valence-corrected chi connectivity index (χ4v) is 5.87. The van der Waals surface area contributed by atoms with Crippen LogP contribution in [0.1, 0.15) is 53.4 Å². The van der Waals surface area contributed by atoms with Crippen molar-refractivity contribution in [1.29, 1.82) is 0 Å². The third-order valence-corrected chi connectivity index (χ3v) is 7.62. The Bertz CT molecular complexity index is 790. The van der Waals surface area contributed by atoms with E-state index < -0.39 is 0 Å². The van der Waals surface area contributed by atoms with Crippen LogP contribution in [-0.2, 0) is 12.8 Å². The van der Waals surface area contributed by atoms with Crippen LogP contribution in [0.2, 0.25) is 0 Å². The molecule has 2 aromatic rings. The van der Waals surface area contributed by atoms with Crippen LogP contribution in [0, 0.1) is 0 Å². The SMILES string of the molecule is CCN1CCN(CCCCNC(=O)c2c(-n3cccc3)sc3c2CCCC3)CC1. The summed E-state index contributed by atoms with van der Waals surface area (Å²) >= 11 is 1.80. The van der Waals surface area contributed by atoms with Crippen molar-refractivity contribution in [2.45, 2.75) is 45.4 Å². The Hall–Kier alpha value is -1.63. The van der Waals surface area contributed by atoms with E-state index in [1.165, 1.54) is 49.5 Å². The van der Waals surface area contributed by atoms with E-state index in [0.29, 0.717) is 0 Å². The Morgan fingerprint density at radius 1 is 1.03 bits per heavy atom. The molecule has 1 saturated heterocycles. The van der Waals surface area contributed by atoms with Crippen molar-refractivity contribution in [1.82, 2.24) is 19.7 Å². The molecule has 2 aromatic heterocycles. The van der Waals surface area contributed by atoms with Crippen LogP contribution in [0.4, 0.5) is 0 Å². The van der Waals surface area contributed by atoms with Gasteiger partial charge in [-0.1, -0.05) is 6.92 Å². The predicted octanol–water partition coefficient (Wildman–Crippen LogP) is 3.57. The number of aromatic nitrogens is 1. The highest BCUT2D eigenvalue weighted by Crippen LogP contribution is 2.36. The lowest BCUT2D eigenvalue weighted by Crippen LogP contribution is -2.46. The first-order valence-corrected chi connectivity index (χ1v) is 12.1. The van der Waals surface area contributed by atoms with Crippen molar-refractivity contribution in [3.8, 4) is 5.00 Å². The lowest BCUT2D eigenvalue weighted by atomic mass is 9.95. The van der Waals surface area contributed by atoms with Gasteiger partial charge in [0.25, 0.3) is 5.91 Å². The Morgan fingerprint density at radius 3 is 2.52 bits per heavy atom. The van der Waals surface area contributed by atoms with E-state index in [2.05, 4.69) is 26.6 Å². The quantitative estimate of drug-likeness (QED) is 0.672. The van der Waals surface area contributed by atoms with E-state index in [-0.39, 0.29) is 5.91 Å². The summed E-state index contributed by atoms with van der Waals surface area (Å²) in [6, 6.07) is 4.06. The minimum Gasteiger partial charge on any atom is -0.352 e. The highest BCUT2D eigenvalue weighted by atomic mass is 32.1. The maximum absolute atomic E-state index is 13.1. The predicted molar refractivity (Wildman–Crippen MR) is 120 cm³/mol. The summed E-state index contributed by atoms with van der Waals surface area (Å²) in [5, 5.41) is 4.31. The second kappa shape index (κ2) is 9.92. The van der Waals surface area contributed by atoms with E-state index in [0.717, 1.165) is 55.9 Å². The molecule has 5 nitrogen and oxygen atoms in total. The first-order chi connectivity index (χ1) is 14.3. The summed E-state index contributed by atoms with van der Waals surface area (Å²) in [6.07, 6.45) is 10.9. The number of hydrogen-bond donors (Lipinski definition) is 1. The average molecular weight is 415 g/mol. The van der Waals surface area contributed by atoms with Gasteiger partial charge < -0.3 is 19.7 Å². The molecule has 0 saturated carbocycles. The second-order valence-electron chi connectivity index (χ2n) is 8.22. The largest absolute Gasteiger partial charge is 0.352 e. The van der Waals surface area contributed by atoms with E-state index in [4.69, 9.17) is 0 Å². The number of carbonyl (C=O) groups excluding carboxylic acids is 1. The zero-order chi connectivity index (χ0) is 20.1. The molecule has 1 aliphatic carbocycles. The molecule has 29 heavy (non-hydrogen) atoms. The number of rotatable bonds is 8. The molecule has 0 radical (unpaired) electrons. The van der Waals surface area contributed by atoms with Gasteiger partial charge in [-0.15, -0.1) is 11.3 Å². The van der Waals surface area contributed by atoms with Gasteiger partial charge in [-0.05, 0) is 69.3 Å². The molecule has 1 amide bonds. The van der Waals surface area contributed by atoms with Gasteiger partial charge >= 0.3 is 0 Å². The average Bonchev–Trinajstić information content (AvgIpc) is 3.41. The number of hydrogen-bond acceptors (Lipinski definition) is 4. The number of fused-ring (bicyclic) bond motifs is 1. The third-order valence-electron chi connectivity index (χ3n) is 6.32. The number of carbonyl (C=O) groups is 1. The minimum atomic E-state index is 0.115. The fraction of sp³-hybridized carbons (Fsp3) is 0.609. The fourth-order valence-electron chi connectivity index (χ4n) is 4.52. The van der Waals surface area contributed by atoms with Crippen LogP contribution in [0.3, 0.4) is 0 Å². The topological polar surface area (TPSA) is 40.5 Å². The molecular formula is C23H34N4OS. The number of aryl methyl sites for hydroxylation is 1. The molecule has 0 unspecified atom stereocenters. The first-order valence-electron chi connectivity index (χ1n) is 11.3. The highest BCUT2D eigenvalue weighted by Gasteiger charge is 2.25. The van der Waals surface area contributed by atoms with Crippen molar-refractivity contribution in [3.05, 3.63) is 40.5 Å². The molecule has 1 N–H and O–H groups in total. The van der Waals surface area contributed by atoms with Gasteiger partial charge in [-0.25, -0.2) is 0 Å².